The summed E-state index contributed by atoms with van der Waals surface area (Å²) in [6.07, 6.45) is -0.973. The molecule has 0 spiro atoms. The van der Waals surface area contributed by atoms with Gasteiger partial charge in [0.1, 0.15) is 5.15 Å². The van der Waals surface area contributed by atoms with Gasteiger partial charge in [0.05, 0.1) is 5.56 Å². The van der Waals surface area contributed by atoms with Gasteiger partial charge in [0.15, 0.2) is 6.10 Å². The lowest BCUT2D eigenvalue weighted by molar-refractivity contribution is -0.123. The first-order chi connectivity index (χ1) is 12.1. The van der Waals surface area contributed by atoms with E-state index in [1.54, 1.807) is 19.9 Å². The van der Waals surface area contributed by atoms with Crippen LogP contribution in [0.4, 0.5) is 5.69 Å². The molecule has 6 heteroatoms. The molecule has 0 saturated heterocycles. The summed E-state index contributed by atoms with van der Waals surface area (Å²) in [5, 5.41) is 2.91. The van der Waals surface area contributed by atoms with Crippen LogP contribution in [0.25, 0.3) is 0 Å². The van der Waals surface area contributed by atoms with Crippen LogP contribution in [0, 0.1) is 34.6 Å². The van der Waals surface area contributed by atoms with Crippen molar-refractivity contribution in [1.82, 2.24) is 4.98 Å². The van der Waals surface area contributed by atoms with E-state index in [2.05, 4.69) is 10.3 Å². The van der Waals surface area contributed by atoms with Crippen LogP contribution in [0.1, 0.15) is 45.2 Å². The summed E-state index contributed by atoms with van der Waals surface area (Å²) < 4.78 is 5.30. The fraction of sp³-hybridized carbons (Fsp3) is 0.350. The number of amides is 1. The van der Waals surface area contributed by atoms with Gasteiger partial charge in [0, 0.05) is 11.4 Å². The van der Waals surface area contributed by atoms with E-state index in [1.165, 1.54) is 6.92 Å². The lowest BCUT2D eigenvalue weighted by atomic mass is 10.0. The highest BCUT2D eigenvalue weighted by Crippen LogP contribution is 2.23. The molecule has 0 aliphatic rings. The van der Waals surface area contributed by atoms with Crippen molar-refractivity contribution in [2.24, 2.45) is 0 Å². The maximum absolute atomic E-state index is 12.5. The number of ether oxygens (including phenoxy) is 1. The summed E-state index contributed by atoms with van der Waals surface area (Å²) in [5.74, 6) is -1.07. The average molecular weight is 375 g/mol. The number of hydrogen-bond donors (Lipinski definition) is 1. The Morgan fingerprint density at radius 2 is 1.62 bits per heavy atom. The molecule has 1 aromatic carbocycles. The highest BCUT2D eigenvalue weighted by Gasteiger charge is 2.23. The first-order valence-electron chi connectivity index (χ1n) is 8.33. The van der Waals surface area contributed by atoms with Crippen LogP contribution in [-0.2, 0) is 9.53 Å². The summed E-state index contributed by atoms with van der Waals surface area (Å²) in [6, 6.07) is 5.72. The second kappa shape index (κ2) is 7.87. The van der Waals surface area contributed by atoms with E-state index in [-0.39, 0.29) is 10.7 Å². The SMILES string of the molecule is Cc1cc(C)c(NC(=O)[C@@H](C)OC(=O)c2c(C)cc(C)nc2Cl)c(C)c1. The topological polar surface area (TPSA) is 68.3 Å². The Balaban J connectivity index is 2.14. The number of anilines is 1. The van der Waals surface area contributed by atoms with Gasteiger partial charge in [-0.25, -0.2) is 9.78 Å². The molecule has 0 aliphatic carbocycles. The predicted molar refractivity (Wildman–Crippen MR) is 103 cm³/mol. The maximum atomic E-state index is 12.5. The molecule has 1 heterocycles. The van der Waals surface area contributed by atoms with E-state index in [0.717, 1.165) is 22.4 Å². The molecule has 1 aromatic heterocycles. The largest absolute Gasteiger partial charge is 0.449 e. The summed E-state index contributed by atoms with van der Waals surface area (Å²) in [7, 11) is 0. The van der Waals surface area contributed by atoms with E-state index >= 15 is 0 Å². The monoisotopic (exact) mass is 374 g/mol. The van der Waals surface area contributed by atoms with E-state index in [0.29, 0.717) is 11.3 Å². The highest BCUT2D eigenvalue weighted by atomic mass is 35.5. The van der Waals surface area contributed by atoms with Crippen LogP contribution < -0.4 is 5.32 Å². The highest BCUT2D eigenvalue weighted by molar-refractivity contribution is 6.32. The third kappa shape index (κ3) is 4.41. The second-order valence-electron chi connectivity index (χ2n) is 6.56. The van der Waals surface area contributed by atoms with Crippen molar-refractivity contribution in [1.29, 1.82) is 0 Å². The number of nitrogens with one attached hydrogen (secondary N) is 1. The molecule has 1 amide bonds. The first kappa shape index (κ1) is 19.9. The number of nitrogens with zero attached hydrogens (tertiary/aromatic N) is 1. The summed E-state index contributed by atoms with van der Waals surface area (Å²) >= 11 is 6.07. The van der Waals surface area contributed by atoms with E-state index in [1.807, 2.05) is 32.9 Å². The van der Waals surface area contributed by atoms with Crippen molar-refractivity contribution in [2.45, 2.75) is 47.6 Å². The molecule has 138 valence electrons. The van der Waals surface area contributed by atoms with Gasteiger partial charge in [-0.1, -0.05) is 29.3 Å². The van der Waals surface area contributed by atoms with Gasteiger partial charge >= 0.3 is 5.97 Å². The van der Waals surface area contributed by atoms with Gasteiger partial charge in [-0.15, -0.1) is 0 Å². The molecule has 2 rings (SSSR count). The molecule has 1 atom stereocenters. The predicted octanol–water partition coefficient (Wildman–Crippen LogP) is 4.46. The van der Waals surface area contributed by atoms with Crippen LogP contribution in [0.3, 0.4) is 0 Å². The fourth-order valence-corrected chi connectivity index (χ4v) is 3.27. The number of benzene rings is 1. The van der Waals surface area contributed by atoms with Crippen LogP contribution in [0.2, 0.25) is 5.15 Å². The Hall–Kier alpha value is -2.40. The Morgan fingerprint density at radius 1 is 1.04 bits per heavy atom. The normalized spacial score (nSPS) is 11.8. The molecule has 5 nitrogen and oxygen atoms in total. The van der Waals surface area contributed by atoms with Gasteiger partial charge in [-0.2, -0.15) is 0 Å². The molecule has 0 saturated carbocycles. The quantitative estimate of drug-likeness (QED) is 0.633. The molecule has 2 aromatic rings. The van der Waals surface area contributed by atoms with Crippen LogP contribution in [0.5, 0.6) is 0 Å². The van der Waals surface area contributed by atoms with Gasteiger partial charge < -0.3 is 10.1 Å². The Labute approximate surface area is 158 Å². The number of rotatable bonds is 4. The first-order valence-corrected chi connectivity index (χ1v) is 8.71. The van der Waals surface area contributed by atoms with Crippen molar-refractivity contribution >= 4 is 29.2 Å². The average Bonchev–Trinajstić information content (AvgIpc) is 2.49. The van der Waals surface area contributed by atoms with Crippen molar-refractivity contribution in [3.8, 4) is 0 Å². The van der Waals surface area contributed by atoms with E-state index < -0.39 is 18.0 Å². The molecule has 1 N–H and O–H groups in total. The lowest BCUT2D eigenvalue weighted by Gasteiger charge is -2.17. The smallest absolute Gasteiger partial charge is 0.342 e. The molecule has 0 aliphatic heterocycles. The molecule has 26 heavy (non-hydrogen) atoms. The van der Waals surface area contributed by atoms with Gasteiger partial charge in [-0.05, 0) is 64.3 Å². The maximum Gasteiger partial charge on any atom is 0.342 e. The van der Waals surface area contributed by atoms with Crippen molar-refractivity contribution in [3.63, 3.8) is 0 Å². The lowest BCUT2D eigenvalue weighted by Crippen LogP contribution is -2.31. The number of aromatic nitrogens is 1. The van der Waals surface area contributed by atoms with E-state index in [4.69, 9.17) is 16.3 Å². The van der Waals surface area contributed by atoms with Gasteiger partial charge in [0.2, 0.25) is 0 Å². The van der Waals surface area contributed by atoms with Crippen molar-refractivity contribution < 1.29 is 14.3 Å². The number of carbonyl (C=O) groups is 2. The number of esters is 1. The zero-order valence-electron chi connectivity index (χ0n) is 15.9. The van der Waals surface area contributed by atoms with Gasteiger partial charge in [0.25, 0.3) is 5.91 Å². The number of carbonyl (C=O) groups excluding carboxylic acids is 2. The number of pyridine rings is 1. The third-order valence-corrected chi connectivity index (χ3v) is 4.36. The molecule has 0 unspecified atom stereocenters. The Morgan fingerprint density at radius 3 is 2.15 bits per heavy atom. The zero-order chi connectivity index (χ0) is 19.6. The number of aryl methyl sites for hydroxylation is 5. The van der Waals surface area contributed by atoms with Gasteiger partial charge in [-0.3, -0.25) is 4.79 Å². The Bertz CT molecular complexity index is 831. The Kier molecular flexibility index (Phi) is 6.03. The van der Waals surface area contributed by atoms with E-state index in [9.17, 15) is 9.59 Å². The minimum absolute atomic E-state index is 0.0744. The molecule has 0 radical (unpaired) electrons. The molecule has 0 bridgehead atoms. The standard InChI is InChI=1S/C20H23ClN2O3/c1-10-7-12(3)17(13(4)8-10)23-19(24)15(6)26-20(25)16-11(2)9-14(5)22-18(16)21/h7-9,15H,1-6H3,(H,23,24)/t15-/m1/s1. The number of halogens is 1. The second-order valence-corrected chi connectivity index (χ2v) is 6.91. The molecule has 0 fully saturated rings. The molecular weight excluding hydrogens is 352 g/mol. The minimum Gasteiger partial charge on any atom is -0.449 e. The van der Waals surface area contributed by atoms with Crippen molar-refractivity contribution in [3.05, 3.63) is 56.9 Å². The van der Waals surface area contributed by atoms with Crippen LogP contribution >= 0.6 is 11.6 Å². The third-order valence-electron chi connectivity index (χ3n) is 4.08. The van der Waals surface area contributed by atoms with Crippen LogP contribution in [0.15, 0.2) is 18.2 Å². The van der Waals surface area contributed by atoms with Crippen molar-refractivity contribution in [2.75, 3.05) is 5.32 Å². The summed E-state index contributed by atoms with van der Waals surface area (Å²) in [5.41, 5.74) is 5.31. The summed E-state index contributed by atoms with van der Waals surface area (Å²) in [6.45, 7) is 10.9. The summed E-state index contributed by atoms with van der Waals surface area (Å²) in [4.78, 5) is 28.9. The minimum atomic E-state index is -0.973. The fourth-order valence-electron chi connectivity index (χ4n) is 2.91. The number of hydrogen-bond acceptors (Lipinski definition) is 4. The zero-order valence-corrected chi connectivity index (χ0v) is 16.6. The molecular formula is C20H23ClN2O3. The van der Waals surface area contributed by atoms with Crippen LogP contribution in [-0.4, -0.2) is 23.0 Å².